The van der Waals surface area contributed by atoms with Crippen LogP contribution in [0.5, 0.6) is 0 Å². The van der Waals surface area contributed by atoms with Gasteiger partial charge in [-0.2, -0.15) is 0 Å². The average Bonchev–Trinajstić information content (AvgIpc) is 2.39. The van der Waals surface area contributed by atoms with Crippen molar-refractivity contribution in [2.75, 3.05) is 20.1 Å². The van der Waals surface area contributed by atoms with Crippen molar-refractivity contribution in [2.24, 2.45) is 5.73 Å². The lowest BCUT2D eigenvalue weighted by Gasteiger charge is -2.21. The van der Waals surface area contributed by atoms with Gasteiger partial charge in [0.05, 0.1) is 6.54 Å². The number of aromatic nitrogens is 1. The molecule has 0 radical (unpaired) electrons. The Bertz CT molecular complexity index is 450. The molecule has 0 aliphatic rings. The fraction of sp³-hybridized carbons (Fsp3) is 0.462. The summed E-state index contributed by atoms with van der Waals surface area (Å²) in [5, 5.41) is 2.63. The topological polar surface area (TPSA) is 71.2 Å². The Morgan fingerprint density at radius 1 is 1.58 bits per heavy atom. The molecule has 1 aromatic rings. The fourth-order valence-electron chi connectivity index (χ4n) is 1.84. The van der Waals surface area contributed by atoms with E-state index in [1.165, 1.54) is 0 Å². The van der Waals surface area contributed by atoms with Gasteiger partial charge in [-0.25, -0.2) is 0 Å². The third-order valence-corrected chi connectivity index (χ3v) is 2.90. The van der Waals surface area contributed by atoms with Crippen molar-refractivity contribution in [2.45, 2.75) is 19.9 Å². The van der Waals surface area contributed by atoms with Gasteiger partial charge < -0.3 is 11.1 Å². The van der Waals surface area contributed by atoms with Crippen molar-refractivity contribution in [3.05, 3.63) is 29.6 Å². The number of nitrogens with zero attached hydrogens (tertiary/aromatic N) is 2. The lowest BCUT2D eigenvalue weighted by molar-refractivity contribution is -0.121. The Balaban J connectivity index is 2.84. The second-order valence-corrected chi connectivity index (χ2v) is 4.70. The maximum absolute atomic E-state index is 11.5. The molecule has 0 saturated heterocycles. The van der Waals surface area contributed by atoms with Crippen LogP contribution >= 0.6 is 12.2 Å². The quantitative estimate of drug-likeness (QED) is 0.719. The van der Waals surface area contributed by atoms with Crippen molar-refractivity contribution in [1.29, 1.82) is 0 Å². The first-order chi connectivity index (χ1) is 9.08. The number of hydrogen-bond acceptors (Lipinski definition) is 4. The summed E-state index contributed by atoms with van der Waals surface area (Å²) in [4.78, 5) is 18.0. The van der Waals surface area contributed by atoms with Gasteiger partial charge in [-0.1, -0.05) is 25.2 Å². The molecule has 0 aliphatic heterocycles. The second kappa shape index (κ2) is 7.81. The maximum Gasteiger partial charge on any atom is 0.233 e. The van der Waals surface area contributed by atoms with Crippen LogP contribution in [0.3, 0.4) is 0 Å². The number of carbonyl (C=O) groups excluding carboxylic acids is 1. The molecule has 3 N–H and O–H groups in total. The molecule has 5 nitrogen and oxygen atoms in total. The van der Waals surface area contributed by atoms with Crippen LogP contribution in [0.25, 0.3) is 0 Å². The SMILES string of the molecule is CCCN(CC(=O)NC)Cc1cccnc1C(N)=S. The molecule has 1 rings (SSSR count). The van der Waals surface area contributed by atoms with Crippen molar-refractivity contribution in [3.8, 4) is 0 Å². The van der Waals surface area contributed by atoms with Crippen LogP contribution in [0.1, 0.15) is 24.6 Å². The van der Waals surface area contributed by atoms with Gasteiger partial charge in [-0.15, -0.1) is 0 Å². The molecule has 0 fully saturated rings. The predicted molar refractivity (Wildman–Crippen MR) is 79.8 cm³/mol. The Morgan fingerprint density at radius 3 is 2.89 bits per heavy atom. The second-order valence-electron chi connectivity index (χ2n) is 4.26. The van der Waals surface area contributed by atoms with Gasteiger partial charge in [-0.05, 0) is 24.6 Å². The van der Waals surface area contributed by atoms with Crippen LogP contribution in [-0.2, 0) is 11.3 Å². The summed E-state index contributed by atoms with van der Waals surface area (Å²) >= 11 is 5.00. The first-order valence-corrected chi connectivity index (χ1v) is 6.66. The molecule has 0 aliphatic carbocycles. The molecule has 0 saturated carbocycles. The molecule has 1 heterocycles. The monoisotopic (exact) mass is 280 g/mol. The largest absolute Gasteiger partial charge is 0.388 e. The van der Waals surface area contributed by atoms with E-state index in [4.69, 9.17) is 18.0 Å². The maximum atomic E-state index is 11.5. The van der Waals surface area contributed by atoms with Gasteiger partial charge in [-0.3, -0.25) is 14.7 Å². The molecule has 1 amide bonds. The van der Waals surface area contributed by atoms with E-state index in [2.05, 4.69) is 22.1 Å². The van der Waals surface area contributed by atoms with Crippen molar-refractivity contribution >= 4 is 23.1 Å². The molecular formula is C13H20N4OS. The normalized spacial score (nSPS) is 10.5. The van der Waals surface area contributed by atoms with E-state index in [1.807, 2.05) is 12.1 Å². The summed E-state index contributed by atoms with van der Waals surface area (Å²) in [7, 11) is 1.64. The third kappa shape index (κ3) is 4.92. The zero-order valence-electron chi connectivity index (χ0n) is 11.3. The minimum Gasteiger partial charge on any atom is -0.388 e. The van der Waals surface area contributed by atoms with E-state index < -0.39 is 0 Å². The number of nitrogens with two attached hydrogens (primary N) is 1. The molecule has 104 valence electrons. The summed E-state index contributed by atoms with van der Waals surface area (Å²) in [6.45, 7) is 3.88. The van der Waals surface area contributed by atoms with E-state index in [9.17, 15) is 4.79 Å². The first-order valence-electron chi connectivity index (χ1n) is 6.25. The number of nitrogens with one attached hydrogen (secondary N) is 1. The number of amides is 1. The molecule has 0 atom stereocenters. The number of rotatable bonds is 7. The van der Waals surface area contributed by atoms with Gasteiger partial charge in [0.1, 0.15) is 10.7 Å². The summed E-state index contributed by atoms with van der Waals surface area (Å²) < 4.78 is 0. The number of carbonyl (C=O) groups is 1. The first kappa shape index (κ1) is 15.5. The molecule has 0 bridgehead atoms. The molecule has 0 aromatic carbocycles. The Morgan fingerprint density at radius 2 is 2.32 bits per heavy atom. The predicted octanol–water partition coefficient (Wildman–Crippen LogP) is 0.674. The minimum absolute atomic E-state index is 0.00536. The van der Waals surface area contributed by atoms with Gasteiger partial charge >= 0.3 is 0 Å². The van der Waals surface area contributed by atoms with Crippen LogP contribution in [0, 0.1) is 0 Å². The number of likely N-dealkylation sites (N-methyl/N-ethyl adjacent to an activating group) is 1. The van der Waals surface area contributed by atoms with E-state index in [-0.39, 0.29) is 10.9 Å². The summed E-state index contributed by atoms with van der Waals surface area (Å²) in [5.41, 5.74) is 7.25. The van der Waals surface area contributed by atoms with Gasteiger partial charge in [0, 0.05) is 19.8 Å². The Hall–Kier alpha value is -1.53. The molecular weight excluding hydrogens is 260 g/mol. The van der Waals surface area contributed by atoms with Crippen LogP contribution in [-0.4, -0.2) is 40.9 Å². The average molecular weight is 280 g/mol. The van der Waals surface area contributed by atoms with Gasteiger partial charge in [0.2, 0.25) is 5.91 Å². The zero-order valence-corrected chi connectivity index (χ0v) is 12.2. The van der Waals surface area contributed by atoms with Crippen molar-refractivity contribution < 1.29 is 4.79 Å². The minimum atomic E-state index is -0.00536. The van der Waals surface area contributed by atoms with Crippen LogP contribution in [0.15, 0.2) is 18.3 Å². The standard InChI is InChI=1S/C13H20N4OS/c1-3-7-17(9-11(18)15-2)8-10-5-4-6-16-12(10)13(14)19/h4-6H,3,7-9H2,1-2H3,(H2,14,19)(H,15,18). The number of thiocarbonyl (C=S) groups is 1. The van der Waals surface area contributed by atoms with Gasteiger partial charge in [0.15, 0.2) is 0 Å². The lowest BCUT2D eigenvalue weighted by atomic mass is 10.1. The highest BCUT2D eigenvalue weighted by atomic mass is 32.1. The summed E-state index contributed by atoms with van der Waals surface area (Å²) in [6.07, 6.45) is 2.64. The van der Waals surface area contributed by atoms with E-state index in [0.717, 1.165) is 18.5 Å². The highest BCUT2D eigenvalue weighted by molar-refractivity contribution is 7.80. The van der Waals surface area contributed by atoms with E-state index in [1.54, 1.807) is 13.2 Å². The number of pyridine rings is 1. The third-order valence-electron chi connectivity index (χ3n) is 2.70. The molecule has 1 aromatic heterocycles. The van der Waals surface area contributed by atoms with Crippen LogP contribution in [0.2, 0.25) is 0 Å². The van der Waals surface area contributed by atoms with Crippen molar-refractivity contribution in [1.82, 2.24) is 15.2 Å². The van der Waals surface area contributed by atoms with Crippen LogP contribution in [0.4, 0.5) is 0 Å². The smallest absolute Gasteiger partial charge is 0.233 e. The molecule has 19 heavy (non-hydrogen) atoms. The van der Waals surface area contributed by atoms with E-state index >= 15 is 0 Å². The lowest BCUT2D eigenvalue weighted by Crippen LogP contribution is -2.36. The van der Waals surface area contributed by atoms with E-state index in [0.29, 0.717) is 18.8 Å². The highest BCUT2D eigenvalue weighted by Gasteiger charge is 2.13. The van der Waals surface area contributed by atoms with Gasteiger partial charge in [0.25, 0.3) is 0 Å². The summed E-state index contributed by atoms with van der Waals surface area (Å²) in [6, 6.07) is 3.79. The highest BCUT2D eigenvalue weighted by Crippen LogP contribution is 2.09. The summed E-state index contributed by atoms with van der Waals surface area (Å²) in [5.74, 6) is -0.00536. The molecule has 6 heteroatoms. The number of hydrogen-bond donors (Lipinski definition) is 2. The Labute approximate surface area is 119 Å². The zero-order chi connectivity index (χ0) is 14.3. The Kier molecular flexibility index (Phi) is 6.38. The molecule has 0 spiro atoms. The van der Waals surface area contributed by atoms with Crippen molar-refractivity contribution in [3.63, 3.8) is 0 Å². The van der Waals surface area contributed by atoms with Crippen LogP contribution < -0.4 is 11.1 Å². The fourth-order valence-corrected chi connectivity index (χ4v) is 2.03. The molecule has 0 unspecified atom stereocenters.